The molecule has 2 heterocycles. The Morgan fingerprint density at radius 2 is 2.05 bits per heavy atom. The molecule has 0 radical (unpaired) electrons. The molecule has 2 aliphatic rings. The average Bonchev–Trinajstić information content (AvgIpc) is 2.66. The highest BCUT2D eigenvalue weighted by atomic mass is 79.9. The Morgan fingerprint density at radius 1 is 1.26 bits per heavy atom. The summed E-state index contributed by atoms with van der Waals surface area (Å²) in [5.41, 5.74) is 2.55. The van der Waals surface area contributed by atoms with E-state index in [9.17, 15) is 0 Å². The van der Waals surface area contributed by atoms with Gasteiger partial charge in [0.05, 0.1) is 13.2 Å². The van der Waals surface area contributed by atoms with Crippen LogP contribution >= 0.6 is 15.9 Å². The third kappa shape index (κ3) is 2.25. The normalized spacial score (nSPS) is 26.3. The maximum atomic E-state index is 5.91. The fraction of sp³-hybridized carbons (Fsp3) is 0.600. The SMILES string of the molecule is Cc1c2c(cc(Br)c1C1(C)CCCN1)OCCCO2. The van der Waals surface area contributed by atoms with Gasteiger partial charge in [0.1, 0.15) is 0 Å². The van der Waals surface area contributed by atoms with E-state index in [0.717, 1.165) is 48.6 Å². The second-order valence-electron chi connectivity index (χ2n) is 5.60. The Morgan fingerprint density at radius 3 is 2.79 bits per heavy atom. The minimum absolute atomic E-state index is 0.0353. The van der Waals surface area contributed by atoms with Crippen molar-refractivity contribution in [3.8, 4) is 11.5 Å². The maximum Gasteiger partial charge on any atom is 0.164 e. The summed E-state index contributed by atoms with van der Waals surface area (Å²) in [5.74, 6) is 1.79. The first-order chi connectivity index (χ1) is 9.12. The molecule has 0 bridgehead atoms. The van der Waals surface area contributed by atoms with Crippen molar-refractivity contribution in [3.63, 3.8) is 0 Å². The summed E-state index contributed by atoms with van der Waals surface area (Å²) < 4.78 is 12.8. The van der Waals surface area contributed by atoms with Crippen molar-refractivity contribution in [2.24, 2.45) is 0 Å². The van der Waals surface area contributed by atoms with E-state index < -0.39 is 0 Å². The lowest BCUT2D eigenvalue weighted by Crippen LogP contribution is -2.34. The van der Waals surface area contributed by atoms with E-state index >= 15 is 0 Å². The number of hydrogen-bond donors (Lipinski definition) is 1. The summed E-state index contributed by atoms with van der Waals surface area (Å²) in [6, 6.07) is 2.06. The summed E-state index contributed by atoms with van der Waals surface area (Å²) in [4.78, 5) is 0. The largest absolute Gasteiger partial charge is 0.490 e. The molecule has 2 aliphatic heterocycles. The van der Waals surface area contributed by atoms with Crippen LogP contribution in [0, 0.1) is 6.92 Å². The molecule has 1 N–H and O–H groups in total. The minimum Gasteiger partial charge on any atom is -0.490 e. The molecule has 0 spiro atoms. The van der Waals surface area contributed by atoms with Gasteiger partial charge >= 0.3 is 0 Å². The monoisotopic (exact) mass is 325 g/mol. The lowest BCUT2D eigenvalue weighted by atomic mass is 9.87. The van der Waals surface area contributed by atoms with Crippen LogP contribution in [0.2, 0.25) is 0 Å². The zero-order valence-corrected chi connectivity index (χ0v) is 13.1. The van der Waals surface area contributed by atoms with Crippen LogP contribution in [0.15, 0.2) is 10.5 Å². The second kappa shape index (κ2) is 4.98. The predicted molar refractivity (Wildman–Crippen MR) is 79.1 cm³/mol. The number of fused-ring (bicyclic) bond motifs is 1. The van der Waals surface area contributed by atoms with E-state index in [4.69, 9.17) is 9.47 Å². The molecule has 1 fully saturated rings. The number of nitrogens with one attached hydrogen (secondary N) is 1. The lowest BCUT2D eigenvalue weighted by Gasteiger charge is -2.29. The van der Waals surface area contributed by atoms with Crippen LogP contribution in [0.5, 0.6) is 11.5 Å². The summed E-state index contributed by atoms with van der Waals surface area (Å²) in [6.07, 6.45) is 3.32. The van der Waals surface area contributed by atoms with Crippen molar-refractivity contribution in [2.75, 3.05) is 19.8 Å². The van der Waals surface area contributed by atoms with Gasteiger partial charge in [0.2, 0.25) is 0 Å². The van der Waals surface area contributed by atoms with Crippen molar-refractivity contribution in [2.45, 2.75) is 38.6 Å². The van der Waals surface area contributed by atoms with Crippen LogP contribution in [0.25, 0.3) is 0 Å². The van der Waals surface area contributed by atoms with Crippen LogP contribution in [0.4, 0.5) is 0 Å². The van der Waals surface area contributed by atoms with E-state index in [2.05, 4.69) is 41.2 Å². The highest BCUT2D eigenvalue weighted by Crippen LogP contribution is 2.45. The molecule has 1 aromatic carbocycles. The zero-order valence-electron chi connectivity index (χ0n) is 11.5. The average molecular weight is 326 g/mol. The fourth-order valence-corrected chi connectivity index (χ4v) is 4.16. The smallest absolute Gasteiger partial charge is 0.164 e. The van der Waals surface area contributed by atoms with Crippen molar-refractivity contribution in [3.05, 3.63) is 21.7 Å². The van der Waals surface area contributed by atoms with Crippen molar-refractivity contribution in [1.29, 1.82) is 0 Å². The minimum atomic E-state index is 0.0353. The first-order valence-corrected chi connectivity index (χ1v) is 7.75. The summed E-state index contributed by atoms with van der Waals surface area (Å²) in [6.45, 7) is 6.96. The van der Waals surface area contributed by atoms with Gasteiger partial charge in [-0.3, -0.25) is 0 Å². The molecule has 1 atom stereocenters. The quantitative estimate of drug-likeness (QED) is 0.857. The summed E-state index contributed by atoms with van der Waals surface area (Å²) in [5, 5.41) is 3.63. The third-order valence-electron chi connectivity index (χ3n) is 4.15. The van der Waals surface area contributed by atoms with E-state index in [1.165, 1.54) is 17.5 Å². The van der Waals surface area contributed by atoms with Crippen LogP contribution in [0.3, 0.4) is 0 Å². The van der Waals surface area contributed by atoms with Gasteiger partial charge in [-0.25, -0.2) is 0 Å². The van der Waals surface area contributed by atoms with Crippen molar-refractivity contribution in [1.82, 2.24) is 5.32 Å². The van der Waals surface area contributed by atoms with E-state index in [1.807, 2.05) is 0 Å². The van der Waals surface area contributed by atoms with Crippen LogP contribution in [0.1, 0.15) is 37.3 Å². The number of ether oxygens (including phenoxy) is 2. The zero-order chi connectivity index (χ0) is 13.5. The Bertz CT molecular complexity index is 495. The van der Waals surface area contributed by atoms with Gasteiger partial charge < -0.3 is 14.8 Å². The fourth-order valence-electron chi connectivity index (χ4n) is 3.22. The molecule has 3 nitrogen and oxygen atoms in total. The molecule has 1 unspecified atom stereocenters. The second-order valence-corrected chi connectivity index (χ2v) is 6.45. The van der Waals surface area contributed by atoms with Gasteiger partial charge in [0, 0.05) is 22.0 Å². The molecule has 4 heteroatoms. The first kappa shape index (κ1) is 13.3. The highest BCUT2D eigenvalue weighted by molar-refractivity contribution is 9.10. The molecular formula is C15H20BrNO2. The maximum absolute atomic E-state index is 5.91. The first-order valence-electron chi connectivity index (χ1n) is 6.96. The van der Waals surface area contributed by atoms with Crippen LogP contribution < -0.4 is 14.8 Å². The topological polar surface area (TPSA) is 30.5 Å². The Hall–Kier alpha value is -0.740. The number of rotatable bonds is 1. The van der Waals surface area contributed by atoms with E-state index in [0.29, 0.717) is 0 Å². The molecule has 104 valence electrons. The predicted octanol–water partition coefficient (Wildman–Crippen LogP) is 3.52. The standard InChI is InChI=1S/C15H20BrNO2/c1-10-13(15(2)5-3-6-17-15)11(16)9-12-14(10)19-8-4-7-18-12/h9,17H,3-8H2,1-2H3. The van der Waals surface area contributed by atoms with Crippen molar-refractivity contribution >= 4 is 15.9 Å². The van der Waals surface area contributed by atoms with Crippen LogP contribution in [-0.2, 0) is 5.54 Å². The third-order valence-corrected chi connectivity index (χ3v) is 4.77. The van der Waals surface area contributed by atoms with Gasteiger partial charge in [0.15, 0.2) is 11.5 Å². The molecule has 0 aliphatic carbocycles. The Labute approximate surface area is 122 Å². The lowest BCUT2D eigenvalue weighted by molar-refractivity contribution is 0.296. The van der Waals surface area contributed by atoms with Gasteiger partial charge in [-0.05, 0) is 44.9 Å². The van der Waals surface area contributed by atoms with E-state index in [1.54, 1.807) is 0 Å². The molecule has 0 saturated carbocycles. The molecular weight excluding hydrogens is 306 g/mol. The Kier molecular flexibility index (Phi) is 3.48. The number of benzene rings is 1. The molecule has 1 saturated heterocycles. The molecule has 0 aromatic heterocycles. The molecule has 3 rings (SSSR count). The van der Waals surface area contributed by atoms with Crippen molar-refractivity contribution < 1.29 is 9.47 Å². The van der Waals surface area contributed by atoms with E-state index in [-0.39, 0.29) is 5.54 Å². The molecule has 19 heavy (non-hydrogen) atoms. The Balaban J connectivity index is 2.12. The van der Waals surface area contributed by atoms with Crippen LogP contribution in [-0.4, -0.2) is 19.8 Å². The molecule has 0 amide bonds. The molecule has 1 aromatic rings. The number of hydrogen-bond acceptors (Lipinski definition) is 3. The van der Waals surface area contributed by atoms with Gasteiger partial charge in [-0.15, -0.1) is 0 Å². The summed E-state index contributed by atoms with van der Waals surface area (Å²) >= 11 is 3.72. The van der Waals surface area contributed by atoms with Gasteiger partial charge in [-0.1, -0.05) is 15.9 Å². The number of halogens is 1. The highest BCUT2D eigenvalue weighted by Gasteiger charge is 2.35. The summed E-state index contributed by atoms with van der Waals surface area (Å²) in [7, 11) is 0. The van der Waals surface area contributed by atoms with Gasteiger partial charge in [-0.2, -0.15) is 0 Å². The van der Waals surface area contributed by atoms with Gasteiger partial charge in [0.25, 0.3) is 0 Å².